The van der Waals surface area contributed by atoms with Gasteiger partial charge in [-0.25, -0.2) is 0 Å². The van der Waals surface area contributed by atoms with Gasteiger partial charge in [0.15, 0.2) is 5.92 Å². The molecule has 0 aromatic heterocycles. The number of allylic oxidation sites excluding steroid dienone is 2. The molecule has 4 nitrogen and oxygen atoms in total. The molecule has 1 aliphatic rings. The fraction of sp³-hybridized carbons (Fsp3) is 0.692. The summed E-state index contributed by atoms with van der Waals surface area (Å²) >= 11 is 0. The lowest BCUT2D eigenvalue weighted by atomic mass is 9.70. The van der Waals surface area contributed by atoms with E-state index in [1.165, 1.54) is 0 Å². The van der Waals surface area contributed by atoms with Gasteiger partial charge in [0.2, 0.25) is 0 Å². The Morgan fingerprint density at radius 2 is 1.82 bits per heavy atom. The minimum Gasteiger partial charge on any atom is -0.481 e. The van der Waals surface area contributed by atoms with E-state index in [1.807, 2.05) is 6.92 Å². The molecule has 0 spiro atoms. The van der Waals surface area contributed by atoms with Gasteiger partial charge >= 0.3 is 11.9 Å². The van der Waals surface area contributed by atoms with Gasteiger partial charge < -0.3 is 10.2 Å². The van der Waals surface area contributed by atoms with Crippen molar-refractivity contribution in [3.63, 3.8) is 0 Å². The molecule has 0 radical (unpaired) electrons. The van der Waals surface area contributed by atoms with Gasteiger partial charge in [-0.05, 0) is 38.0 Å². The lowest BCUT2D eigenvalue weighted by Gasteiger charge is -2.35. The van der Waals surface area contributed by atoms with Gasteiger partial charge in [-0.1, -0.05) is 25.0 Å². The van der Waals surface area contributed by atoms with E-state index in [-0.39, 0.29) is 11.8 Å². The monoisotopic (exact) mass is 240 g/mol. The summed E-state index contributed by atoms with van der Waals surface area (Å²) in [5.41, 5.74) is 2.10. The SMILES string of the molecule is CC1=C(CC(C(=O)O)C(=O)O)C(C)(C)CCC1. The normalized spacial score (nSPS) is 19.5. The van der Waals surface area contributed by atoms with Gasteiger partial charge in [-0.2, -0.15) is 0 Å². The zero-order valence-corrected chi connectivity index (χ0v) is 10.6. The maximum Gasteiger partial charge on any atom is 0.318 e. The van der Waals surface area contributed by atoms with Crippen molar-refractivity contribution in [2.45, 2.75) is 46.5 Å². The number of aliphatic carboxylic acids is 2. The van der Waals surface area contributed by atoms with Crippen molar-refractivity contribution < 1.29 is 19.8 Å². The summed E-state index contributed by atoms with van der Waals surface area (Å²) in [7, 11) is 0. The summed E-state index contributed by atoms with van der Waals surface area (Å²) < 4.78 is 0. The first-order valence-electron chi connectivity index (χ1n) is 5.90. The highest BCUT2D eigenvalue weighted by molar-refractivity contribution is 5.93. The third-order valence-electron chi connectivity index (χ3n) is 3.69. The van der Waals surface area contributed by atoms with E-state index >= 15 is 0 Å². The van der Waals surface area contributed by atoms with Gasteiger partial charge in [0, 0.05) is 0 Å². The molecule has 0 unspecified atom stereocenters. The zero-order valence-electron chi connectivity index (χ0n) is 10.6. The van der Waals surface area contributed by atoms with E-state index in [0.29, 0.717) is 0 Å². The van der Waals surface area contributed by atoms with Crippen LogP contribution in [-0.2, 0) is 9.59 Å². The maximum absolute atomic E-state index is 10.9. The standard InChI is InChI=1S/C13H20O4/c1-8-5-4-6-13(2,3)10(8)7-9(11(14)15)12(16)17/h9H,4-7H2,1-3H3,(H,14,15)(H,16,17). The van der Waals surface area contributed by atoms with Gasteiger partial charge in [0.25, 0.3) is 0 Å². The quantitative estimate of drug-likeness (QED) is 0.585. The second kappa shape index (κ2) is 4.90. The fourth-order valence-corrected chi connectivity index (χ4v) is 2.61. The molecule has 0 aromatic rings. The molecule has 0 atom stereocenters. The van der Waals surface area contributed by atoms with Crippen LogP contribution in [0.25, 0.3) is 0 Å². The van der Waals surface area contributed by atoms with Crippen LogP contribution in [0.3, 0.4) is 0 Å². The number of hydrogen-bond acceptors (Lipinski definition) is 2. The van der Waals surface area contributed by atoms with E-state index in [1.54, 1.807) is 0 Å². The first-order chi connectivity index (χ1) is 7.75. The summed E-state index contributed by atoms with van der Waals surface area (Å²) in [5.74, 6) is -3.82. The van der Waals surface area contributed by atoms with E-state index in [4.69, 9.17) is 10.2 Å². The van der Waals surface area contributed by atoms with Crippen molar-refractivity contribution in [2.75, 3.05) is 0 Å². The molecule has 17 heavy (non-hydrogen) atoms. The van der Waals surface area contributed by atoms with Crippen LogP contribution in [0.2, 0.25) is 0 Å². The summed E-state index contributed by atoms with van der Waals surface area (Å²) in [6, 6.07) is 0. The van der Waals surface area contributed by atoms with Crippen LogP contribution in [0.1, 0.15) is 46.5 Å². The highest BCUT2D eigenvalue weighted by atomic mass is 16.4. The molecule has 1 aliphatic carbocycles. The van der Waals surface area contributed by atoms with Crippen LogP contribution in [0.5, 0.6) is 0 Å². The van der Waals surface area contributed by atoms with Crippen LogP contribution < -0.4 is 0 Å². The molecule has 2 N–H and O–H groups in total. The summed E-state index contributed by atoms with van der Waals surface area (Å²) in [6.45, 7) is 6.11. The van der Waals surface area contributed by atoms with Crippen molar-refractivity contribution in [1.82, 2.24) is 0 Å². The highest BCUT2D eigenvalue weighted by Crippen LogP contribution is 2.43. The van der Waals surface area contributed by atoms with E-state index in [2.05, 4.69) is 13.8 Å². The molecule has 0 aromatic carbocycles. The second-order valence-corrected chi connectivity index (χ2v) is 5.43. The van der Waals surface area contributed by atoms with Gasteiger partial charge in [-0.15, -0.1) is 0 Å². The van der Waals surface area contributed by atoms with Gasteiger partial charge in [0.05, 0.1) is 0 Å². The Hall–Kier alpha value is -1.32. The molecule has 0 bridgehead atoms. The molecule has 0 fully saturated rings. The average molecular weight is 240 g/mol. The Morgan fingerprint density at radius 3 is 2.24 bits per heavy atom. The summed E-state index contributed by atoms with van der Waals surface area (Å²) in [5, 5.41) is 17.9. The van der Waals surface area contributed by atoms with E-state index in [0.717, 1.165) is 30.4 Å². The minimum absolute atomic E-state index is 0.0779. The van der Waals surface area contributed by atoms with Crippen molar-refractivity contribution in [3.8, 4) is 0 Å². The number of hydrogen-bond donors (Lipinski definition) is 2. The van der Waals surface area contributed by atoms with Gasteiger partial charge in [0.1, 0.15) is 0 Å². The lowest BCUT2D eigenvalue weighted by molar-refractivity contribution is -0.154. The van der Waals surface area contributed by atoms with Crippen molar-refractivity contribution in [2.24, 2.45) is 11.3 Å². The Labute approximate surface area is 101 Å². The minimum atomic E-state index is -1.32. The summed E-state index contributed by atoms with van der Waals surface area (Å²) in [4.78, 5) is 21.9. The summed E-state index contributed by atoms with van der Waals surface area (Å²) in [6.07, 6.45) is 3.16. The first kappa shape index (κ1) is 13.7. The zero-order chi connectivity index (χ0) is 13.2. The second-order valence-electron chi connectivity index (χ2n) is 5.43. The molecule has 4 heteroatoms. The van der Waals surface area contributed by atoms with Crippen LogP contribution in [0, 0.1) is 11.3 Å². The topological polar surface area (TPSA) is 74.6 Å². The Morgan fingerprint density at radius 1 is 1.29 bits per heavy atom. The number of carboxylic acid groups (broad SMARTS) is 2. The molecule has 96 valence electrons. The predicted octanol–water partition coefficient (Wildman–Crippen LogP) is 2.69. The molecule has 0 heterocycles. The molecule has 0 aliphatic heterocycles. The van der Waals surface area contributed by atoms with Crippen LogP contribution >= 0.6 is 0 Å². The fourth-order valence-electron chi connectivity index (χ4n) is 2.61. The van der Waals surface area contributed by atoms with E-state index in [9.17, 15) is 9.59 Å². The molecular formula is C13H20O4. The van der Waals surface area contributed by atoms with Crippen molar-refractivity contribution >= 4 is 11.9 Å². The molecule has 0 saturated carbocycles. The molecular weight excluding hydrogens is 220 g/mol. The number of carboxylic acids is 2. The highest BCUT2D eigenvalue weighted by Gasteiger charge is 2.34. The largest absolute Gasteiger partial charge is 0.481 e. The van der Waals surface area contributed by atoms with E-state index < -0.39 is 17.9 Å². The number of carbonyl (C=O) groups is 2. The average Bonchev–Trinajstić information content (AvgIpc) is 2.14. The Balaban J connectivity index is 2.98. The van der Waals surface area contributed by atoms with Crippen molar-refractivity contribution in [1.29, 1.82) is 0 Å². The molecule has 1 rings (SSSR count). The molecule has 0 saturated heterocycles. The lowest BCUT2D eigenvalue weighted by Crippen LogP contribution is -2.29. The third kappa shape index (κ3) is 3.08. The smallest absolute Gasteiger partial charge is 0.318 e. The van der Waals surface area contributed by atoms with Crippen LogP contribution in [-0.4, -0.2) is 22.2 Å². The Bertz CT molecular complexity index is 352. The van der Waals surface area contributed by atoms with Gasteiger partial charge in [-0.3, -0.25) is 9.59 Å². The predicted molar refractivity (Wildman–Crippen MR) is 63.7 cm³/mol. The number of rotatable bonds is 4. The maximum atomic E-state index is 10.9. The first-order valence-corrected chi connectivity index (χ1v) is 5.90. The Kier molecular flexibility index (Phi) is 3.96. The van der Waals surface area contributed by atoms with Crippen molar-refractivity contribution in [3.05, 3.63) is 11.1 Å². The molecule has 0 amide bonds. The third-order valence-corrected chi connectivity index (χ3v) is 3.69. The van der Waals surface area contributed by atoms with Crippen LogP contribution in [0.15, 0.2) is 11.1 Å². The van der Waals surface area contributed by atoms with Crippen LogP contribution in [0.4, 0.5) is 0 Å².